The summed E-state index contributed by atoms with van der Waals surface area (Å²) in [6.45, 7) is 9.55. The molecule has 0 saturated carbocycles. The fraction of sp³-hybridized carbons (Fsp3) is 0.524. The van der Waals surface area contributed by atoms with E-state index in [0.717, 1.165) is 31.0 Å². The SMILES string of the molecule is CN=C(NCCC(C)c1ccccc1)NC(C)Cc1c(C)nn(C)c1C. The fourth-order valence-electron chi connectivity index (χ4n) is 3.25. The quantitative estimate of drug-likeness (QED) is 0.592. The monoisotopic (exact) mass is 355 g/mol. The lowest BCUT2D eigenvalue weighted by Crippen LogP contribution is -2.43. The van der Waals surface area contributed by atoms with Crippen molar-refractivity contribution in [1.82, 2.24) is 20.4 Å². The van der Waals surface area contributed by atoms with E-state index in [-0.39, 0.29) is 6.04 Å². The van der Waals surface area contributed by atoms with Crippen LogP contribution in [-0.4, -0.2) is 35.4 Å². The summed E-state index contributed by atoms with van der Waals surface area (Å²) in [6, 6.07) is 10.9. The Morgan fingerprint density at radius 1 is 1.19 bits per heavy atom. The van der Waals surface area contributed by atoms with Crippen LogP contribution in [0.3, 0.4) is 0 Å². The molecule has 1 heterocycles. The zero-order valence-electron chi connectivity index (χ0n) is 17.0. The number of aliphatic imine (C=N–C) groups is 1. The highest BCUT2D eigenvalue weighted by Gasteiger charge is 2.14. The molecule has 0 aliphatic heterocycles. The largest absolute Gasteiger partial charge is 0.356 e. The van der Waals surface area contributed by atoms with Crippen molar-refractivity contribution in [2.75, 3.05) is 13.6 Å². The lowest BCUT2D eigenvalue weighted by Gasteiger charge is -2.19. The number of benzene rings is 1. The predicted octanol–water partition coefficient (Wildman–Crippen LogP) is 3.33. The van der Waals surface area contributed by atoms with Crippen LogP contribution in [0.2, 0.25) is 0 Å². The Balaban J connectivity index is 1.81. The van der Waals surface area contributed by atoms with Gasteiger partial charge in [-0.1, -0.05) is 37.3 Å². The molecule has 0 bridgehead atoms. The highest BCUT2D eigenvalue weighted by molar-refractivity contribution is 5.79. The number of nitrogens with zero attached hydrogens (tertiary/aromatic N) is 3. The normalized spacial score (nSPS) is 14.2. The summed E-state index contributed by atoms with van der Waals surface area (Å²) < 4.78 is 1.95. The lowest BCUT2D eigenvalue weighted by molar-refractivity contribution is 0.615. The molecule has 5 heteroatoms. The van der Waals surface area contributed by atoms with Crippen molar-refractivity contribution in [3.63, 3.8) is 0 Å². The second kappa shape index (κ2) is 9.41. The van der Waals surface area contributed by atoms with E-state index >= 15 is 0 Å². The summed E-state index contributed by atoms with van der Waals surface area (Å²) in [5.74, 6) is 1.39. The van der Waals surface area contributed by atoms with Crippen LogP contribution >= 0.6 is 0 Å². The van der Waals surface area contributed by atoms with Gasteiger partial charge in [0.25, 0.3) is 0 Å². The van der Waals surface area contributed by atoms with Crippen LogP contribution in [0.5, 0.6) is 0 Å². The van der Waals surface area contributed by atoms with Gasteiger partial charge in [-0.05, 0) is 50.7 Å². The number of hydrogen-bond acceptors (Lipinski definition) is 2. The summed E-state index contributed by atoms with van der Waals surface area (Å²) in [5, 5.41) is 11.4. The second-order valence-electron chi connectivity index (χ2n) is 7.12. The van der Waals surface area contributed by atoms with E-state index in [2.05, 4.69) is 78.8 Å². The number of rotatable bonds is 7. The average molecular weight is 356 g/mol. The van der Waals surface area contributed by atoms with Gasteiger partial charge < -0.3 is 10.6 Å². The Morgan fingerprint density at radius 3 is 2.46 bits per heavy atom. The molecule has 0 aliphatic carbocycles. The molecule has 0 radical (unpaired) electrons. The van der Waals surface area contributed by atoms with Crippen LogP contribution < -0.4 is 10.6 Å². The van der Waals surface area contributed by atoms with Crippen molar-refractivity contribution in [3.8, 4) is 0 Å². The van der Waals surface area contributed by atoms with E-state index in [4.69, 9.17) is 0 Å². The van der Waals surface area contributed by atoms with Gasteiger partial charge in [0.15, 0.2) is 5.96 Å². The highest BCUT2D eigenvalue weighted by atomic mass is 15.3. The molecule has 2 N–H and O–H groups in total. The minimum absolute atomic E-state index is 0.286. The highest BCUT2D eigenvalue weighted by Crippen LogP contribution is 2.17. The van der Waals surface area contributed by atoms with Crippen LogP contribution in [0.25, 0.3) is 0 Å². The Morgan fingerprint density at radius 2 is 1.88 bits per heavy atom. The van der Waals surface area contributed by atoms with Crippen molar-refractivity contribution in [3.05, 3.63) is 52.8 Å². The second-order valence-corrected chi connectivity index (χ2v) is 7.12. The number of aromatic nitrogens is 2. The van der Waals surface area contributed by atoms with Crippen LogP contribution in [-0.2, 0) is 13.5 Å². The zero-order valence-corrected chi connectivity index (χ0v) is 17.0. The minimum atomic E-state index is 0.286. The fourth-order valence-corrected chi connectivity index (χ4v) is 3.25. The van der Waals surface area contributed by atoms with Crippen molar-refractivity contribution in [1.29, 1.82) is 0 Å². The molecular formula is C21H33N5. The van der Waals surface area contributed by atoms with Crippen LogP contribution in [0.15, 0.2) is 35.3 Å². The Labute approximate surface area is 157 Å². The van der Waals surface area contributed by atoms with Crippen molar-refractivity contribution < 1.29 is 0 Å². The van der Waals surface area contributed by atoms with Gasteiger partial charge in [-0.25, -0.2) is 0 Å². The van der Waals surface area contributed by atoms with E-state index in [1.165, 1.54) is 16.8 Å². The molecule has 2 atom stereocenters. The summed E-state index contributed by atoms with van der Waals surface area (Å²) in [6.07, 6.45) is 2.01. The molecular weight excluding hydrogens is 322 g/mol. The zero-order chi connectivity index (χ0) is 19.1. The standard InChI is InChI=1S/C21H33N5/c1-15(19-10-8-7-9-11-19)12-13-23-21(22-5)24-16(2)14-20-17(3)25-26(6)18(20)4/h7-11,15-16H,12-14H2,1-6H3,(H2,22,23,24). The molecule has 2 rings (SSSR count). The van der Waals surface area contributed by atoms with Gasteiger partial charge in [-0.15, -0.1) is 0 Å². The van der Waals surface area contributed by atoms with Gasteiger partial charge in [0.1, 0.15) is 0 Å². The minimum Gasteiger partial charge on any atom is -0.356 e. The maximum Gasteiger partial charge on any atom is 0.191 e. The first kappa shape index (κ1) is 20.0. The summed E-state index contributed by atoms with van der Waals surface area (Å²) in [4.78, 5) is 4.36. The maximum absolute atomic E-state index is 4.50. The number of guanidine groups is 1. The average Bonchev–Trinajstić information content (AvgIpc) is 2.87. The topological polar surface area (TPSA) is 54.2 Å². The van der Waals surface area contributed by atoms with Gasteiger partial charge in [0.05, 0.1) is 5.69 Å². The molecule has 0 spiro atoms. The number of nitrogens with one attached hydrogen (secondary N) is 2. The first-order valence-corrected chi connectivity index (χ1v) is 9.43. The van der Waals surface area contributed by atoms with Gasteiger partial charge >= 0.3 is 0 Å². The van der Waals surface area contributed by atoms with E-state index < -0.39 is 0 Å². The molecule has 1 aromatic carbocycles. The van der Waals surface area contributed by atoms with E-state index in [0.29, 0.717) is 5.92 Å². The van der Waals surface area contributed by atoms with Crippen LogP contribution in [0, 0.1) is 13.8 Å². The third-order valence-electron chi connectivity index (χ3n) is 5.01. The third kappa shape index (κ3) is 5.35. The number of aryl methyl sites for hydroxylation is 2. The van der Waals surface area contributed by atoms with Crippen LogP contribution in [0.4, 0.5) is 0 Å². The summed E-state index contributed by atoms with van der Waals surface area (Å²) in [7, 11) is 3.82. The van der Waals surface area contributed by atoms with E-state index in [1.54, 1.807) is 0 Å². The first-order valence-electron chi connectivity index (χ1n) is 9.43. The summed E-state index contributed by atoms with van der Waals surface area (Å²) >= 11 is 0. The maximum atomic E-state index is 4.50. The van der Waals surface area contributed by atoms with Crippen LogP contribution in [0.1, 0.15) is 48.7 Å². The molecule has 2 unspecified atom stereocenters. The molecule has 0 aliphatic rings. The lowest BCUT2D eigenvalue weighted by atomic mass is 9.98. The van der Waals surface area contributed by atoms with Gasteiger partial charge in [-0.2, -0.15) is 5.10 Å². The molecule has 26 heavy (non-hydrogen) atoms. The molecule has 2 aromatic rings. The number of hydrogen-bond donors (Lipinski definition) is 2. The Hall–Kier alpha value is -2.30. The van der Waals surface area contributed by atoms with E-state index in [1.807, 2.05) is 18.8 Å². The van der Waals surface area contributed by atoms with Gasteiger partial charge in [0.2, 0.25) is 0 Å². The van der Waals surface area contributed by atoms with Gasteiger partial charge in [-0.3, -0.25) is 9.67 Å². The van der Waals surface area contributed by atoms with Crippen molar-refractivity contribution >= 4 is 5.96 Å². The van der Waals surface area contributed by atoms with Gasteiger partial charge in [0, 0.05) is 32.4 Å². The smallest absolute Gasteiger partial charge is 0.191 e. The molecule has 5 nitrogen and oxygen atoms in total. The Kier molecular flexibility index (Phi) is 7.25. The third-order valence-corrected chi connectivity index (χ3v) is 5.01. The van der Waals surface area contributed by atoms with Crippen molar-refractivity contribution in [2.45, 2.75) is 52.5 Å². The predicted molar refractivity (Wildman–Crippen MR) is 110 cm³/mol. The molecule has 0 saturated heterocycles. The van der Waals surface area contributed by atoms with E-state index in [9.17, 15) is 0 Å². The molecule has 142 valence electrons. The molecule has 1 aromatic heterocycles. The van der Waals surface area contributed by atoms with Crippen molar-refractivity contribution in [2.24, 2.45) is 12.0 Å². The summed E-state index contributed by atoms with van der Waals surface area (Å²) in [5.41, 5.74) is 5.04. The Bertz CT molecular complexity index is 718. The first-order chi connectivity index (χ1) is 12.4. The molecule has 0 fully saturated rings. The molecule has 0 amide bonds.